The molecule has 4 nitrogen and oxygen atoms in total. The lowest BCUT2D eigenvalue weighted by Crippen LogP contribution is -2.04. The lowest BCUT2D eigenvalue weighted by molar-refractivity contribution is -0.107. The Labute approximate surface area is 87.9 Å². The summed E-state index contributed by atoms with van der Waals surface area (Å²) >= 11 is 0. The Hall–Kier alpha value is -1.71. The molecule has 0 amide bonds. The van der Waals surface area contributed by atoms with E-state index in [2.05, 4.69) is 10.3 Å². The molecular weight excluding hydrogens is 190 g/mol. The van der Waals surface area contributed by atoms with Gasteiger partial charge in [0.05, 0.1) is 5.52 Å². The van der Waals surface area contributed by atoms with Crippen molar-refractivity contribution in [2.24, 2.45) is 0 Å². The van der Waals surface area contributed by atoms with Crippen molar-refractivity contribution in [1.82, 2.24) is 15.0 Å². The van der Waals surface area contributed by atoms with E-state index in [1.54, 1.807) is 0 Å². The van der Waals surface area contributed by atoms with Crippen LogP contribution in [0.25, 0.3) is 11.0 Å². The second-order valence-electron chi connectivity index (χ2n) is 3.78. The molecule has 0 spiro atoms. The number of nitrogens with zero attached hydrogens (tertiary/aromatic N) is 3. The second kappa shape index (κ2) is 3.81. The molecule has 0 saturated heterocycles. The fourth-order valence-corrected chi connectivity index (χ4v) is 1.68. The van der Waals surface area contributed by atoms with Crippen molar-refractivity contribution < 1.29 is 4.79 Å². The highest BCUT2D eigenvalue weighted by Gasteiger charge is 2.10. The Bertz CT molecular complexity index is 488. The van der Waals surface area contributed by atoms with E-state index in [9.17, 15) is 4.79 Å². The van der Waals surface area contributed by atoms with Crippen LogP contribution < -0.4 is 0 Å². The minimum Gasteiger partial charge on any atom is -0.303 e. The molecule has 0 aliphatic carbocycles. The van der Waals surface area contributed by atoms with Gasteiger partial charge in [-0.25, -0.2) is 4.68 Å². The van der Waals surface area contributed by atoms with Crippen LogP contribution in [0.5, 0.6) is 0 Å². The largest absolute Gasteiger partial charge is 0.303 e. The van der Waals surface area contributed by atoms with E-state index >= 15 is 0 Å². The van der Waals surface area contributed by atoms with Crippen LogP contribution in [0.15, 0.2) is 18.2 Å². The number of fused-ring (bicyclic) bond motifs is 1. The van der Waals surface area contributed by atoms with E-state index < -0.39 is 0 Å². The topological polar surface area (TPSA) is 47.8 Å². The predicted molar refractivity (Wildman–Crippen MR) is 57.7 cm³/mol. The molecule has 0 N–H and O–H groups in total. The smallest absolute Gasteiger partial charge is 0.124 e. The van der Waals surface area contributed by atoms with Crippen molar-refractivity contribution in [3.63, 3.8) is 0 Å². The highest BCUT2D eigenvalue weighted by Crippen LogP contribution is 2.19. The number of benzene rings is 1. The molecule has 0 aliphatic rings. The third-order valence-corrected chi connectivity index (χ3v) is 2.37. The summed E-state index contributed by atoms with van der Waals surface area (Å²) in [4.78, 5) is 10.6. The van der Waals surface area contributed by atoms with Crippen LogP contribution in [0, 0.1) is 0 Å². The molecule has 78 valence electrons. The molecule has 2 aromatic rings. The Morgan fingerprint density at radius 1 is 1.47 bits per heavy atom. The molecular formula is C11H13N3O. The molecule has 0 saturated carbocycles. The van der Waals surface area contributed by atoms with Crippen molar-refractivity contribution >= 4 is 17.3 Å². The van der Waals surface area contributed by atoms with Gasteiger partial charge >= 0.3 is 0 Å². The molecule has 0 atom stereocenters. The van der Waals surface area contributed by atoms with Gasteiger partial charge in [-0.3, -0.25) is 0 Å². The molecule has 4 heteroatoms. The molecule has 0 radical (unpaired) electrons. The number of para-hydroxylation sites is 1. The SMILES string of the molecule is CC(C)n1nnc2cccc(CC=O)c21. The molecule has 1 heterocycles. The number of aldehydes is 1. The van der Waals surface area contributed by atoms with Gasteiger partial charge in [-0.1, -0.05) is 17.3 Å². The first-order valence-corrected chi connectivity index (χ1v) is 5.00. The Morgan fingerprint density at radius 3 is 2.93 bits per heavy atom. The first-order chi connectivity index (χ1) is 7.24. The zero-order valence-electron chi connectivity index (χ0n) is 8.84. The van der Waals surface area contributed by atoms with Gasteiger partial charge < -0.3 is 4.79 Å². The van der Waals surface area contributed by atoms with E-state index in [0.29, 0.717) is 6.42 Å². The summed E-state index contributed by atoms with van der Waals surface area (Å²) in [6.07, 6.45) is 1.32. The van der Waals surface area contributed by atoms with Crippen molar-refractivity contribution in [2.75, 3.05) is 0 Å². The monoisotopic (exact) mass is 203 g/mol. The molecule has 1 aromatic carbocycles. The third kappa shape index (κ3) is 1.63. The van der Waals surface area contributed by atoms with Crippen LogP contribution in [-0.2, 0) is 11.2 Å². The molecule has 0 fully saturated rings. The summed E-state index contributed by atoms with van der Waals surface area (Å²) in [6, 6.07) is 6.01. The molecule has 0 aliphatic heterocycles. The van der Waals surface area contributed by atoms with Crippen molar-refractivity contribution in [2.45, 2.75) is 26.3 Å². The molecule has 0 unspecified atom stereocenters. The van der Waals surface area contributed by atoms with E-state index in [0.717, 1.165) is 22.9 Å². The first kappa shape index (κ1) is 9.83. The minimum atomic E-state index is 0.253. The Kier molecular flexibility index (Phi) is 2.49. The highest BCUT2D eigenvalue weighted by atomic mass is 16.1. The van der Waals surface area contributed by atoms with Gasteiger partial charge in [0.2, 0.25) is 0 Å². The molecule has 0 bridgehead atoms. The number of carbonyl (C=O) groups excluding carboxylic acids is 1. The van der Waals surface area contributed by atoms with Crippen LogP contribution >= 0.6 is 0 Å². The Morgan fingerprint density at radius 2 is 2.27 bits per heavy atom. The van der Waals surface area contributed by atoms with Crippen LogP contribution in [0.4, 0.5) is 0 Å². The van der Waals surface area contributed by atoms with Gasteiger partial charge in [0, 0.05) is 12.5 Å². The van der Waals surface area contributed by atoms with Gasteiger partial charge in [-0.15, -0.1) is 5.10 Å². The third-order valence-electron chi connectivity index (χ3n) is 2.37. The van der Waals surface area contributed by atoms with E-state index in [4.69, 9.17) is 0 Å². The van der Waals surface area contributed by atoms with Crippen LogP contribution in [0.2, 0.25) is 0 Å². The average Bonchev–Trinajstić information content (AvgIpc) is 2.62. The number of carbonyl (C=O) groups is 1. The maximum absolute atomic E-state index is 10.6. The van der Waals surface area contributed by atoms with Gasteiger partial charge in [-0.05, 0) is 25.5 Å². The van der Waals surface area contributed by atoms with E-state index in [1.165, 1.54) is 0 Å². The second-order valence-corrected chi connectivity index (χ2v) is 3.78. The molecule has 2 rings (SSSR count). The van der Waals surface area contributed by atoms with Gasteiger partial charge in [0.1, 0.15) is 11.8 Å². The Balaban J connectivity index is 2.68. The van der Waals surface area contributed by atoms with Crippen molar-refractivity contribution in [3.05, 3.63) is 23.8 Å². The maximum atomic E-state index is 10.6. The van der Waals surface area contributed by atoms with E-state index in [1.807, 2.05) is 36.7 Å². The summed E-state index contributed by atoms with van der Waals surface area (Å²) in [7, 11) is 0. The van der Waals surface area contributed by atoms with Crippen LogP contribution in [-0.4, -0.2) is 21.3 Å². The summed E-state index contributed by atoms with van der Waals surface area (Å²) in [6.45, 7) is 4.09. The van der Waals surface area contributed by atoms with Gasteiger partial charge in [0.15, 0.2) is 0 Å². The lowest BCUT2D eigenvalue weighted by Gasteiger charge is -2.07. The standard InChI is InChI=1S/C11H13N3O/c1-8(2)14-11-9(6-7-15)4-3-5-10(11)12-13-14/h3-5,7-8H,6H2,1-2H3. The molecule has 15 heavy (non-hydrogen) atoms. The fourth-order valence-electron chi connectivity index (χ4n) is 1.68. The number of hydrogen-bond donors (Lipinski definition) is 0. The van der Waals surface area contributed by atoms with Gasteiger partial charge in [-0.2, -0.15) is 0 Å². The van der Waals surface area contributed by atoms with Crippen LogP contribution in [0.1, 0.15) is 25.5 Å². The average molecular weight is 203 g/mol. The lowest BCUT2D eigenvalue weighted by atomic mass is 10.1. The predicted octanol–water partition coefficient (Wildman–Crippen LogP) is 1.75. The zero-order chi connectivity index (χ0) is 10.8. The van der Waals surface area contributed by atoms with E-state index in [-0.39, 0.29) is 6.04 Å². The van der Waals surface area contributed by atoms with Gasteiger partial charge in [0.25, 0.3) is 0 Å². The number of aromatic nitrogens is 3. The minimum absolute atomic E-state index is 0.253. The first-order valence-electron chi connectivity index (χ1n) is 5.00. The van der Waals surface area contributed by atoms with Crippen molar-refractivity contribution in [1.29, 1.82) is 0 Å². The fraction of sp³-hybridized carbons (Fsp3) is 0.364. The number of rotatable bonds is 3. The highest BCUT2D eigenvalue weighted by molar-refractivity contribution is 5.80. The molecule has 1 aromatic heterocycles. The normalized spacial score (nSPS) is 11.1. The summed E-state index contributed by atoms with van der Waals surface area (Å²) < 4.78 is 1.86. The van der Waals surface area contributed by atoms with Crippen LogP contribution in [0.3, 0.4) is 0 Å². The summed E-state index contributed by atoms with van der Waals surface area (Å²) in [5.41, 5.74) is 2.81. The summed E-state index contributed by atoms with van der Waals surface area (Å²) in [5, 5.41) is 8.17. The zero-order valence-corrected chi connectivity index (χ0v) is 8.84. The summed E-state index contributed by atoms with van der Waals surface area (Å²) in [5.74, 6) is 0. The maximum Gasteiger partial charge on any atom is 0.124 e. The van der Waals surface area contributed by atoms with Crippen molar-refractivity contribution in [3.8, 4) is 0 Å². The number of hydrogen-bond acceptors (Lipinski definition) is 3. The quantitative estimate of drug-likeness (QED) is 0.714.